The minimum atomic E-state index is -0.205. The summed E-state index contributed by atoms with van der Waals surface area (Å²) in [5.74, 6) is 0.721. The molecule has 1 atom stereocenters. The number of rotatable bonds is 6. The van der Waals surface area contributed by atoms with Crippen LogP contribution in [0.25, 0.3) is 0 Å². The van der Waals surface area contributed by atoms with Crippen molar-refractivity contribution in [2.24, 2.45) is 0 Å². The van der Waals surface area contributed by atoms with Crippen LogP contribution < -0.4 is 10.2 Å². The van der Waals surface area contributed by atoms with E-state index in [2.05, 4.69) is 35.1 Å². The number of nitrogens with one attached hydrogen (secondary N) is 1. The minimum absolute atomic E-state index is 0.205. The van der Waals surface area contributed by atoms with E-state index in [0.717, 1.165) is 23.5 Å². The molecule has 2 rings (SSSR count). The Kier molecular flexibility index (Phi) is 5.28. The van der Waals surface area contributed by atoms with Crippen LogP contribution in [0.1, 0.15) is 31.0 Å². The lowest BCUT2D eigenvalue weighted by Gasteiger charge is -2.24. The van der Waals surface area contributed by atoms with Gasteiger partial charge in [0.25, 0.3) is 0 Å². The van der Waals surface area contributed by atoms with Crippen molar-refractivity contribution in [3.63, 3.8) is 0 Å². The fraction of sp³-hybridized carbons (Fsp3) is 0.353. The molecule has 1 heterocycles. The van der Waals surface area contributed by atoms with Crippen molar-refractivity contribution in [1.29, 1.82) is 0 Å². The molecule has 0 radical (unpaired) electrons. The van der Waals surface area contributed by atoms with Gasteiger partial charge in [-0.2, -0.15) is 0 Å². The van der Waals surface area contributed by atoms with Gasteiger partial charge in [0.1, 0.15) is 11.6 Å². The zero-order valence-electron chi connectivity index (χ0n) is 12.8. The van der Waals surface area contributed by atoms with Gasteiger partial charge in [-0.15, -0.1) is 0 Å². The average molecular weight is 287 g/mol. The minimum Gasteiger partial charge on any atom is -0.355 e. The highest BCUT2D eigenvalue weighted by Crippen LogP contribution is 2.24. The fourth-order valence-corrected chi connectivity index (χ4v) is 2.47. The van der Waals surface area contributed by atoms with Crippen LogP contribution in [0.5, 0.6) is 0 Å². The summed E-state index contributed by atoms with van der Waals surface area (Å²) >= 11 is 0. The molecule has 21 heavy (non-hydrogen) atoms. The van der Waals surface area contributed by atoms with Crippen LogP contribution in [0.4, 0.5) is 10.2 Å². The Morgan fingerprint density at radius 3 is 2.81 bits per heavy atom. The van der Waals surface area contributed by atoms with Crippen molar-refractivity contribution in [3.8, 4) is 0 Å². The third-order valence-corrected chi connectivity index (χ3v) is 3.46. The van der Waals surface area contributed by atoms with Gasteiger partial charge in [-0.05, 0) is 37.2 Å². The zero-order valence-corrected chi connectivity index (χ0v) is 12.8. The number of hydrogen-bond acceptors (Lipinski definition) is 3. The third-order valence-electron chi connectivity index (χ3n) is 3.46. The first kappa shape index (κ1) is 15.4. The van der Waals surface area contributed by atoms with E-state index in [1.165, 1.54) is 6.07 Å². The number of anilines is 1. The molecule has 1 unspecified atom stereocenters. The van der Waals surface area contributed by atoms with Crippen LogP contribution in [0.2, 0.25) is 0 Å². The van der Waals surface area contributed by atoms with E-state index >= 15 is 0 Å². The van der Waals surface area contributed by atoms with E-state index in [-0.39, 0.29) is 11.9 Å². The molecular weight excluding hydrogens is 265 g/mol. The molecule has 3 nitrogen and oxygen atoms in total. The molecule has 2 aromatic rings. The summed E-state index contributed by atoms with van der Waals surface area (Å²) in [6, 6.07) is 10.9. The summed E-state index contributed by atoms with van der Waals surface area (Å²) in [7, 11) is 1.98. The zero-order chi connectivity index (χ0) is 15.2. The predicted molar refractivity (Wildman–Crippen MR) is 84.8 cm³/mol. The summed E-state index contributed by atoms with van der Waals surface area (Å²) in [5.41, 5.74) is 2.09. The first-order valence-electron chi connectivity index (χ1n) is 7.25. The van der Waals surface area contributed by atoms with Gasteiger partial charge in [0, 0.05) is 31.4 Å². The number of nitrogens with zero attached hydrogens (tertiary/aromatic N) is 2. The maximum absolute atomic E-state index is 13.3. The van der Waals surface area contributed by atoms with E-state index < -0.39 is 0 Å². The SMILES string of the molecule is CCNC(C)c1cccnc1N(C)Cc1cccc(F)c1. The van der Waals surface area contributed by atoms with Crippen LogP contribution in [0.15, 0.2) is 42.6 Å². The second-order valence-corrected chi connectivity index (χ2v) is 5.18. The van der Waals surface area contributed by atoms with Crippen LogP contribution in [0, 0.1) is 5.82 Å². The molecule has 0 aliphatic rings. The van der Waals surface area contributed by atoms with Crippen molar-refractivity contribution in [2.45, 2.75) is 26.4 Å². The third kappa shape index (κ3) is 4.02. The molecular formula is C17H22FN3. The van der Waals surface area contributed by atoms with Crippen molar-refractivity contribution in [1.82, 2.24) is 10.3 Å². The lowest BCUT2D eigenvalue weighted by atomic mass is 10.1. The summed E-state index contributed by atoms with van der Waals surface area (Å²) in [6.07, 6.45) is 1.79. The lowest BCUT2D eigenvalue weighted by molar-refractivity contribution is 0.594. The first-order valence-corrected chi connectivity index (χ1v) is 7.25. The van der Waals surface area contributed by atoms with Crippen LogP contribution in [0.3, 0.4) is 0 Å². The van der Waals surface area contributed by atoms with E-state index in [0.29, 0.717) is 6.54 Å². The van der Waals surface area contributed by atoms with Gasteiger partial charge in [-0.3, -0.25) is 0 Å². The molecule has 1 aromatic carbocycles. The predicted octanol–water partition coefficient (Wildman–Crippen LogP) is 3.53. The molecule has 0 amide bonds. The number of halogens is 1. The van der Waals surface area contributed by atoms with Crippen LogP contribution in [-0.2, 0) is 6.54 Å². The van der Waals surface area contributed by atoms with Gasteiger partial charge in [0.15, 0.2) is 0 Å². The Hall–Kier alpha value is -1.94. The Balaban J connectivity index is 2.21. The molecule has 1 aromatic heterocycles. The molecule has 0 saturated carbocycles. The van der Waals surface area contributed by atoms with Crippen LogP contribution in [-0.4, -0.2) is 18.6 Å². The molecule has 0 bridgehead atoms. The van der Waals surface area contributed by atoms with Gasteiger partial charge >= 0.3 is 0 Å². The summed E-state index contributed by atoms with van der Waals surface area (Å²) < 4.78 is 13.3. The second-order valence-electron chi connectivity index (χ2n) is 5.18. The van der Waals surface area contributed by atoms with Gasteiger partial charge in [0.2, 0.25) is 0 Å². The van der Waals surface area contributed by atoms with Gasteiger partial charge in [-0.25, -0.2) is 9.37 Å². The summed E-state index contributed by atoms with van der Waals surface area (Å²) in [5, 5.41) is 3.40. The fourth-order valence-electron chi connectivity index (χ4n) is 2.47. The van der Waals surface area contributed by atoms with Gasteiger partial charge in [0.05, 0.1) is 0 Å². The maximum atomic E-state index is 13.3. The first-order chi connectivity index (χ1) is 10.1. The van der Waals surface area contributed by atoms with Gasteiger partial charge in [-0.1, -0.05) is 25.1 Å². The highest BCUT2D eigenvalue weighted by Gasteiger charge is 2.14. The largest absolute Gasteiger partial charge is 0.355 e. The number of pyridine rings is 1. The quantitative estimate of drug-likeness (QED) is 0.881. The molecule has 4 heteroatoms. The molecule has 112 valence electrons. The topological polar surface area (TPSA) is 28.2 Å². The summed E-state index contributed by atoms with van der Waals surface area (Å²) in [4.78, 5) is 6.55. The molecule has 0 aliphatic heterocycles. The maximum Gasteiger partial charge on any atom is 0.133 e. The van der Waals surface area contributed by atoms with E-state index in [1.54, 1.807) is 18.3 Å². The average Bonchev–Trinajstić information content (AvgIpc) is 2.47. The van der Waals surface area contributed by atoms with Crippen molar-refractivity contribution in [3.05, 3.63) is 59.5 Å². The second kappa shape index (κ2) is 7.18. The summed E-state index contributed by atoms with van der Waals surface area (Å²) in [6.45, 7) is 5.74. The Morgan fingerprint density at radius 2 is 2.10 bits per heavy atom. The number of hydrogen-bond donors (Lipinski definition) is 1. The highest BCUT2D eigenvalue weighted by molar-refractivity contribution is 5.48. The molecule has 1 N–H and O–H groups in total. The molecule has 0 aliphatic carbocycles. The smallest absolute Gasteiger partial charge is 0.133 e. The number of aromatic nitrogens is 1. The highest BCUT2D eigenvalue weighted by atomic mass is 19.1. The van der Waals surface area contributed by atoms with E-state index in [9.17, 15) is 4.39 Å². The van der Waals surface area contributed by atoms with Gasteiger partial charge < -0.3 is 10.2 Å². The van der Waals surface area contributed by atoms with E-state index in [4.69, 9.17) is 0 Å². The molecule has 0 saturated heterocycles. The van der Waals surface area contributed by atoms with Crippen LogP contribution >= 0.6 is 0 Å². The van der Waals surface area contributed by atoms with Crippen molar-refractivity contribution >= 4 is 5.82 Å². The Bertz CT molecular complexity index is 586. The Morgan fingerprint density at radius 1 is 1.29 bits per heavy atom. The molecule has 0 fully saturated rings. The van der Waals surface area contributed by atoms with Crippen molar-refractivity contribution < 1.29 is 4.39 Å². The van der Waals surface area contributed by atoms with Crippen molar-refractivity contribution in [2.75, 3.05) is 18.5 Å². The monoisotopic (exact) mass is 287 g/mol. The molecule has 0 spiro atoms. The lowest BCUT2D eigenvalue weighted by Crippen LogP contribution is -2.24. The normalized spacial score (nSPS) is 12.2. The number of benzene rings is 1. The van der Waals surface area contributed by atoms with E-state index in [1.807, 2.05) is 19.2 Å². The Labute approximate surface area is 125 Å². The standard InChI is InChI=1S/C17H22FN3/c1-4-19-13(2)16-9-6-10-20-17(16)21(3)12-14-7-5-8-15(18)11-14/h5-11,13,19H,4,12H2,1-3H3.